The van der Waals surface area contributed by atoms with Gasteiger partial charge in [-0.3, -0.25) is 14.9 Å². The van der Waals surface area contributed by atoms with Crippen molar-refractivity contribution in [1.82, 2.24) is 5.32 Å². The first-order valence-electron chi connectivity index (χ1n) is 16.5. The van der Waals surface area contributed by atoms with Crippen molar-refractivity contribution >= 4 is 11.8 Å². The minimum Gasteiger partial charge on any atom is -0.508 e. The monoisotopic (exact) mass is 570 g/mol. The van der Waals surface area contributed by atoms with Crippen LogP contribution in [0, 0.1) is 22.7 Å². The fraction of sp³-hybridized carbons (Fsp3) is 0.622. The fourth-order valence-electron chi connectivity index (χ4n) is 10.3. The molecule has 5 heteroatoms. The Morgan fingerprint density at radius 2 is 1.33 bits per heavy atom. The fourth-order valence-corrected chi connectivity index (χ4v) is 10.3. The van der Waals surface area contributed by atoms with E-state index in [1.54, 1.807) is 6.07 Å². The molecule has 5 nitrogen and oxygen atoms in total. The van der Waals surface area contributed by atoms with Crippen molar-refractivity contribution in [3.8, 4) is 5.75 Å². The Hall–Kier alpha value is -2.66. The minimum atomic E-state index is -0.628. The van der Waals surface area contributed by atoms with Gasteiger partial charge >= 0.3 is 0 Å². The molecule has 42 heavy (non-hydrogen) atoms. The minimum absolute atomic E-state index is 0.0754. The third-order valence-electron chi connectivity index (χ3n) is 12.7. The van der Waals surface area contributed by atoms with Crippen molar-refractivity contribution in [2.45, 2.75) is 116 Å². The maximum Gasteiger partial charge on any atom is 0.232 e. The maximum absolute atomic E-state index is 14.3. The molecule has 0 bridgehead atoms. The molecule has 4 aliphatic rings. The number of carbonyl (C=O) groups excluding carboxylic acids is 2. The largest absolute Gasteiger partial charge is 0.508 e. The molecule has 0 saturated heterocycles. The molecule has 0 radical (unpaired) electrons. The number of rotatable bonds is 5. The lowest BCUT2D eigenvalue weighted by atomic mass is 9.49. The van der Waals surface area contributed by atoms with Crippen molar-refractivity contribution in [2.24, 2.45) is 28.4 Å². The number of fused-ring (bicyclic) bond motifs is 6. The maximum atomic E-state index is 14.3. The first-order valence-corrected chi connectivity index (χ1v) is 16.5. The number of phenols is 1. The van der Waals surface area contributed by atoms with E-state index < -0.39 is 10.8 Å². The Balaban J connectivity index is 1.26. The SMILES string of the molecule is C[C@@]12CCC[C@](C)(C(=O)NC(=O)[C@@]3(C)CCC[C@]4(C)c5cc(CCCN)ccc5CC[C@@H]34)[C@H]1CCc1ccc(O)cc12. The van der Waals surface area contributed by atoms with E-state index >= 15 is 0 Å². The first kappa shape index (κ1) is 29.4. The lowest BCUT2D eigenvalue weighted by Gasteiger charge is -2.56. The van der Waals surface area contributed by atoms with Crippen molar-refractivity contribution in [2.75, 3.05) is 6.54 Å². The van der Waals surface area contributed by atoms with Gasteiger partial charge in [-0.25, -0.2) is 0 Å². The molecule has 4 aliphatic carbocycles. The van der Waals surface area contributed by atoms with E-state index in [0.717, 1.165) is 77.0 Å². The normalized spacial score (nSPS) is 35.3. The van der Waals surface area contributed by atoms with E-state index in [-0.39, 0.29) is 40.2 Å². The molecule has 0 heterocycles. The van der Waals surface area contributed by atoms with Gasteiger partial charge < -0.3 is 10.8 Å². The molecular formula is C37H50N2O3. The van der Waals surface area contributed by atoms with Crippen molar-refractivity contribution in [3.05, 3.63) is 64.2 Å². The molecule has 6 rings (SSSR count). The van der Waals surface area contributed by atoms with Crippen LogP contribution in [-0.2, 0) is 39.7 Å². The summed E-state index contributed by atoms with van der Waals surface area (Å²) in [6, 6.07) is 12.7. The topological polar surface area (TPSA) is 92.4 Å². The highest BCUT2D eigenvalue weighted by Gasteiger charge is 2.58. The van der Waals surface area contributed by atoms with E-state index in [1.165, 1.54) is 27.8 Å². The number of hydrogen-bond acceptors (Lipinski definition) is 4. The van der Waals surface area contributed by atoms with Crippen LogP contribution in [0.15, 0.2) is 36.4 Å². The summed E-state index contributed by atoms with van der Waals surface area (Å²) >= 11 is 0. The van der Waals surface area contributed by atoms with E-state index in [9.17, 15) is 14.7 Å². The highest BCUT2D eigenvalue weighted by atomic mass is 16.3. The molecule has 2 aromatic rings. The molecule has 0 aromatic heterocycles. The van der Waals surface area contributed by atoms with Crippen molar-refractivity contribution < 1.29 is 14.7 Å². The van der Waals surface area contributed by atoms with Gasteiger partial charge in [0.2, 0.25) is 11.8 Å². The highest BCUT2D eigenvalue weighted by molar-refractivity contribution is 6.00. The second-order valence-electron chi connectivity index (χ2n) is 15.1. The molecule has 0 unspecified atom stereocenters. The number of nitrogens with one attached hydrogen (secondary N) is 1. The van der Waals surface area contributed by atoms with Gasteiger partial charge in [-0.1, -0.05) is 64.8 Å². The predicted molar refractivity (Wildman–Crippen MR) is 167 cm³/mol. The molecule has 0 aliphatic heterocycles. The van der Waals surface area contributed by atoms with Crippen LogP contribution in [0.25, 0.3) is 0 Å². The Morgan fingerprint density at radius 3 is 1.88 bits per heavy atom. The standard InChI is InChI=1S/C37H50N2O3/c1-34-17-6-19-36(3,30(34)15-12-25-10-9-24(8-5-21-38)22-28(25)34)32(41)39-33(42)37(4)20-7-18-35(2)29-23-27(40)14-11-26(29)13-16-31(35)37/h9-11,14,22-23,30-31,40H,5-8,12-13,15-21,38H2,1-4H3,(H,39,41,42)/t30-,31+,34-,35+,36+,37+/m1/s1. The van der Waals surface area contributed by atoms with Crippen LogP contribution in [0.1, 0.15) is 113 Å². The number of phenolic OH excluding ortho intramolecular Hbond substituents is 1. The van der Waals surface area contributed by atoms with Gasteiger partial charge in [0.1, 0.15) is 5.75 Å². The summed E-state index contributed by atoms with van der Waals surface area (Å²) in [6.07, 6.45) is 11.3. The number of amides is 2. The number of hydrogen-bond donors (Lipinski definition) is 3. The molecule has 2 aromatic carbocycles. The second kappa shape index (κ2) is 10.5. The summed E-state index contributed by atoms with van der Waals surface area (Å²) in [5.74, 6) is 0.433. The van der Waals surface area contributed by atoms with Crippen LogP contribution in [0.3, 0.4) is 0 Å². The first-order chi connectivity index (χ1) is 20.0. The Morgan fingerprint density at radius 1 is 0.810 bits per heavy atom. The lowest BCUT2D eigenvalue weighted by Crippen LogP contribution is -2.60. The third kappa shape index (κ3) is 4.44. The van der Waals surface area contributed by atoms with Gasteiger partial charge in [-0.15, -0.1) is 0 Å². The Bertz CT molecular complexity index is 1400. The molecule has 6 atom stereocenters. The summed E-state index contributed by atoms with van der Waals surface area (Å²) in [7, 11) is 0. The van der Waals surface area contributed by atoms with Gasteiger partial charge in [-0.2, -0.15) is 0 Å². The molecule has 0 spiro atoms. The van der Waals surface area contributed by atoms with Crippen LogP contribution >= 0.6 is 0 Å². The summed E-state index contributed by atoms with van der Waals surface area (Å²) in [5, 5.41) is 13.4. The number of carbonyl (C=O) groups is 2. The quantitative estimate of drug-likeness (QED) is 0.351. The van der Waals surface area contributed by atoms with Gasteiger partial charge in [0.25, 0.3) is 0 Å². The number of nitrogens with two attached hydrogens (primary N) is 1. The summed E-state index contributed by atoms with van der Waals surface area (Å²) in [6.45, 7) is 9.57. The van der Waals surface area contributed by atoms with Gasteiger partial charge in [0, 0.05) is 0 Å². The smallest absolute Gasteiger partial charge is 0.232 e. The zero-order valence-corrected chi connectivity index (χ0v) is 26.2. The van der Waals surface area contributed by atoms with Crippen LogP contribution in [0.2, 0.25) is 0 Å². The zero-order chi connectivity index (χ0) is 29.9. The van der Waals surface area contributed by atoms with Crippen molar-refractivity contribution in [3.63, 3.8) is 0 Å². The zero-order valence-electron chi connectivity index (χ0n) is 26.2. The van der Waals surface area contributed by atoms with Gasteiger partial charge in [0.05, 0.1) is 10.8 Å². The molecule has 4 N–H and O–H groups in total. The second-order valence-corrected chi connectivity index (χ2v) is 15.1. The Labute approximate surface area is 252 Å². The van der Waals surface area contributed by atoms with Crippen LogP contribution in [-0.4, -0.2) is 23.5 Å². The summed E-state index contributed by atoms with van der Waals surface area (Å²) in [5.41, 5.74) is 11.0. The summed E-state index contributed by atoms with van der Waals surface area (Å²) in [4.78, 5) is 28.6. The molecule has 2 saturated carbocycles. The molecule has 226 valence electrons. The third-order valence-corrected chi connectivity index (χ3v) is 12.7. The predicted octanol–water partition coefficient (Wildman–Crippen LogP) is 6.65. The lowest BCUT2D eigenvalue weighted by molar-refractivity contribution is -0.150. The van der Waals surface area contributed by atoms with E-state index in [0.29, 0.717) is 6.54 Å². The van der Waals surface area contributed by atoms with Crippen LogP contribution in [0.4, 0.5) is 0 Å². The Kier molecular flexibility index (Phi) is 7.36. The number of benzene rings is 2. The van der Waals surface area contributed by atoms with Gasteiger partial charge in [-0.05, 0) is 133 Å². The molecular weight excluding hydrogens is 520 g/mol. The average molecular weight is 571 g/mol. The highest BCUT2D eigenvalue weighted by Crippen LogP contribution is 2.59. The van der Waals surface area contributed by atoms with Crippen molar-refractivity contribution in [1.29, 1.82) is 0 Å². The molecule has 2 amide bonds. The van der Waals surface area contributed by atoms with Crippen LogP contribution < -0.4 is 11.1 Å². The average Bonchev–Trinajstić information content (AvgIpc) is 2.96. The number of aryl methyl sites for hydroxylation is 3. The number of imide groups is 1. The van der Waals surface area contributed by atoms with Crippen LogP contribution in [0.5, 0.6) is 5.75 Å². The van der Waals surface area contributed by atoms with Gasteiger partial charge in [0.15, 0.2) is 0 Å². The van der Waals surface area contributed by atoms with E-state index in [4.69, 9.17) is 5.73 Å². The summed E-state index contributed by atoms with van der Waals surface area (Å²) < 4.78 is 0. The number of aromatic hydroxyl groups is 1. The molecule has 2 fully saturated rings. The van der Waals surface area contributed by atoms with E-state index in [2.05, 4.69) is 51.2 Å². The van der Waals surface area contributed by atoms with E-state index in [1.807, 2.05) is 12.1 Å².